The van der Waals surface area contributed by atoms with Gasteiger partial charge in [0.1, 0.15) is 5.82 Å². The van der Waals surface area contributed by atoms with E-state index in [1.54, 1.807) is 12.1 Å². The first-order valence-electron chi connectivity index (χ1n) is 9.10. The average molecular weight is 364 g/mol. The topological polar surface area (TPSA) is 25.2 Å². The normalized spacial score (nSPS) is 11.4. The van der Waals surface area contributed by atoms with Gasteiger partial charge in [-0.05, 0) is 62.7 Å². The summed E-state index contributed by atoms with van der Waals surface area (Å²) < 4.78 is 15.4. The summed E-state index contributed by atoms with van der Waals surface area (Å²) in [7, 11) is 0. The molecule has 140 valence electrons. The summed E-state index contributed by atoms with van der Waals surface area (Å²) in [4.78, 5) is 14.9. The average Bonchev–Trinajstić information content (AvgIpc) is 3.06. The van der Waals surface area contributed by atoms with Crippen LogP contribution in [-0.2, 0) is 13.1 Å². The van der Waals surface area contributed by atoms with Gasteiger partial charge in [-0.15, -0.1) is 0 Å². The zero-order valence-electron chi connectivity index (χ0n) is 16.0. The molecule has 3 aromatic rings. The van der Waals surface area contributed by atoms with Gasteiger partial charge in [-0.3, -0.25) is 4.79 Å². The summed E-state index contributed by atoms with van der Waals surface area (Å²) in [6.45, 7) is 7.28. The van der Waals surface area contributed by atoms with Crippen molar-refractivity contribution in [1.29, 1.82) is 0 Å². The van der Waals surface area contributed by atoms with Crippen molar-refractivity contribution >= 4 is 5.91 Å². The second-order valence-corrected chi connectivity index (χ2v) is 7.68. The van der Waals surface area contributed by atoms with E-state index >= 15 is 0 Å². The number of amides is 1. The SMILES string of the molecule is CC(C)(C)N(Cc1cccn1Cc1ccccc1)C(=O)c1ccc(F)cc1. The smallest absolute Gasteiger partial charge is 0.254 e. The molecule has 1 aromatic heterocycles. The summed E-state index contributed by atoms with van der Waals surface area (Å²) in [5, 5.41) is 0. The van der Waals surface area contributed by atoms with E-state index in [0.29, 0.717) is 12.1 Å². The molecule has 1 amide bonds. The van der Waals surface area contributed by atoms with Crippen molar-refractivity contribution in [3.63, 3.8) is 0 Å². The molecule has 0 aliphatic rings. The fourth-order valence-corrected chi connectivity index (χ4v) is 3.05. The maximum Gasteiger partial charge on any atom is 0.254 e. The predicted molar refractivity (Wildman–Crippen MR) is 106 cm³/mol. The Morgan fingerprint density at radius 2 is 1.63 bits per heavy atom. The number of benzene rings is 2. The van der Waals surface area contributed by atoms with Gasteiger partial charge in [0.2, 0.25) is 0 Å². The molecule has 0 unspecified atom stereocenters. The van der Waals surface area contributed by atoms with Crippen LogP contribution >= 0.6 is 0 Å². The molecule has 3 rings (SSSR count). The van der Waals surface area contributed by atoms with Crippen molar-refractivity contribution in [2.45, 2.75) is 39.4 Å². The van der Waals surface area contributed by atoms with E-state index in [4.69, 9.17) is 0 Å². The molecule has 0 spiro atoms. The van der Waals surface area contributed by atoms with Gasteiger partial charge in [-0.25, -0.2) is 4.39 Å². The molecule has 3 nitrogen and oxygen atoms in total. The van der Waals surface area contributed by atoms with E-state index < -0.39 is 0 Å². The van der Waals surface area contributed by atoms with Gasteiger partial charge in [0.25, 0.3) is 5.91 Å². The lowest BCUT2D eigenvalue weighted by molar-refractivity contribution is 0.0552. The van der Waals surface area contributed by atoms with Gasteiger partial charge in [0.05, 0.1) is 6.54 Å². The summed E-state index contributed by atoms with van der Waals surface area (Å²) >= 11 is 0. The van der Waals surface area contributed by atoms with E-state index in [1.165, 1.54) is 17.7 Å². The van der Waals surface area contributed by atoms with E-state index in [9.17, 15) is 9.18 Å². The standard InChI is InChI=1S/C23H25FN2O/c1-23(2,3)26(22(27)19-11-13-20(24)14-12-19)17-21-10-7-15-25(21)16-18-8-5-4-6-9-18/h4-15H,16-17H2,1-3H3. The molecule has 1 heterocycles. The monoisotopic (exact) mass is 364 g/mol. The van der Waals surface area contributed by atoms with Gasteiger partial charge in [0.15, 0.2) is 0 Å². The predicted octanol–water partition coefficient (Wildman–Crippen LogP) is 5.12. The molecule has 0 saturated heterocycles. The van der Waals surface area contributed by atoms with Crippen LogP contribution in [0.5, 0.6) is 0 Å². The first-order chi connectivity index (χ1) is 12.8. The van der Waals surface area contributed by atoms with Crippen molar-refractivity contribution in [3.05, 3.63) is 95.6 Å². The van der Waals surface area contributed by atoms with Gasteiger partial charge in [-0.1, -0.05) is 30.3 Å². The van der Waals surface area contributed by atoms with Crippen LogP contribution < -0.4 is 0 Å². The molecular weight excluding hydrogens is 339 g/mol. The maximum atomic E-state index is 13.2. The highest BCUT2D eigenvalue weighted by atomic mass is 19.1. The first-order valence-corrected chi connectivity index (χ1v) is 9.10. The first kappa shape index (κ1) is 18.9. The van der Waals surface area contributed by atoms with E-state index in [0.717, 1.165) is 12.2 Å². The fraction of sp³-hybridized carbons (Fsp3) is 0.261. The number of carbonyl (C=O) groups is 1. The highest BCUT2D eigenvalue weighted by Crippen LogP contribution is 2.22. The van der Waals surface area contributed by atoms with Crippen LogP contribution in [0.4, 0.5) is 4.39 Å². The lowest BCUT2D eigenvalue weighted by Crippen LogP contribution is -2.45. The third kappa shape index (κ3) is 4.64. The Kier molecular flexibility index (Phi) is 5.45. The van der Waals surface area contributed by atoms with E-state index in [1.807, 2.05) is 62.2 Å². The minimum absolute atomic E-state index is 0.102. The third-order valence-electron chi connectivity index (χ3n) is 4.59. The molecule has 4 heteroatoms. The number of rotatable bonds is 5. The summed E-state index contributed by atoms with van der Waals surface area (Å²) in [6.07, 6.45) is 2.03. The zero-order chi connectivity index (χ0) is 19.4. The van der Waals surface area contributed by atoms with Crippen molar-refractivity contribution in [2.24, 2.45) is 0 Å². The molecule has 0 atom stereocenters. The van der Waals surface area contributed by atoms with E-state index in [2.05, 4.69) is 16.7 Å². The van der Waals surface area contributed by atoms with Gasteiger partial charge >= 0.3 is 0 Å². The molecule has 0 aliphatic carbocycles. The number of hydrogen-bond acceptors (Lipinski definition) is 1. The van der Waals surface area contributed by atoms with Crippen LogP contribution in [0.1, 0.15) is 42.4 Å². The number of carbonyl (C=O) groups excluding carboxylic acids is 1. The minimum Gasteiger partial charge on any atom is -0.345 e. The van der Waals surface area contributed by atoms with Gasteiger partial charge < -0.3 is 9.47 Å². The van der Waals surface area contributed by atoms with Crippen molar-refractivity contribution in [1.82, 2.24) is 9.47 Å². The maximum absolute atomic E-state index is 13.2. The second kappa shape index (κ2) is 7.78. The highest BCUT2D eigenvalue weighted by molar-refractivity contribution is 5.94. The van der Waals surface area contributed by atoms with Crippen LogP contribution in [0.3, 0.4) is 0 Å². The van der Waals surface area contributed by atoms with Crippen LogP contribution in [-0.4, -0.2) is 20.9 Å². The Labute approximate surface area is 160 Å². The second-order valence-electron chi connectivity index (χ2n) is 7.68. The van der Waals surface area contributed by atoms with Crippen LogP contribution in [0.25, 0.3) is 0 Å². The van der Waals surface area contributed by atoms with E-state index in [-0.39, 0.29) is 17.3 Å². The third-order valence-corrected chi connectivity index (χ3v) is 4.59. The van der Waals surface area contributed by atoms with Crippen LogP contribution in [0.15, 0.2) is 72.9 Å². The summed E-state index contributed by atoms with van der Waals surface area (Å²) in [5.74, 6) is -0.444. The Bertz CT molecular complexity index is 892. The van der Waals surface area contributed by atoms with Crippen molar-refractivity contribution in [2.75, 3.05) is 0 Å². The minimum atomic E-state index is -0.368. The van der Waals surface area contributed by atoms with Crippen LogP contribution in [0.2, 0.25) is 0 Å². The lowest BCUT2D eigenvalue weighted by atomic mass is 10.0. The van der Waals surface area contributed by atoms with Crippen molar-refractivity contribution in [3.8, 4) is 0 Å². The molecule has 0 N–H and O–H groups in total. The molecule has 0 saturated carbocycles. The van der Waals surface area contributed by atoms with Crippen molar-refractivity contribution < 1.29 is 9.18 Å². The molecular formula is C23H25FN2O. The number of nitrogens with zero attached hydrogens (tertiary/aromatic N) is 2. The van der Waals surface area contributed by atoms with Gasteiger partial charge in [0, 0.05) is 29.5 Å². The fourth-order valence-electron chi connectivity index (χ4n) is 3.05. The quantitative estimate of drug-likeness (QED) is 0.617. The molecule has 2 aromatic carbocycles. The van der Waals surface area contributed by atoms with Gasteiger partial charge in [-0.2, -0.15) is 0 Å². The Hall–Kier alpha value is -2.88. The number of aromatic nitrogens is 1. The largest absolute Gasteiger partial charge is 0.345 e. The van der Waals surface area contributed by atoms with Crippen LogP contribution in [0, 0.1) is 5.82 Å². The molecule has 0 fully saturated rings. The molecule has 0 aliphatic heterocycles. The molecule has 27 heavy (non-hydrogen) atoms. The molecule has 0 radical (unpaired) electrons. The number of halogens is 1. The Morgan fingerprint density at radius 3 is 2.26 bits per heavy atom. The summed E-state index contributed by atoms with van der Waals surface area (Å²) in [6, 6.07) is 20.0. The Morgan fingerprint density at radius 1 is 0.963 bits per heavy atom. The lowest BCUT2D eigenvalue weighted by Gasteiger charge is -2.36. The Balaban J connectivity index is 1.85. The number of hydrogen-bond donors (Lipinski definition) is 0. The highest BCUT2D eigenvalue weighted by Gasteiger charge is 2.28. The zero-order valence-corrected chi connectivity index (χ0v) is 16.0. The summed E-state index contributed by atoms with van der Waals surface area (Å²) in [5.41, 5.74) is 2.40. The molecule has 0 bridgehead atoms.